The highest BCUT2D eigenvalue weighted by Crippen LogP contribution is 2.24. The van der Waals surface area contributed by atoms with Crippen LogP contribution in [0, 0.1) is 0 Å². The minimum Gasteiger partial charge on any atom is -0.504 e. The summed E-state index contributed by atoms with van der Waals surface area (Å²) in [5.41, 5.74) is 1.12. The van der Waals surface area contributed by atoms with Gasteiger partial charge in [-0.1, -0.05) is 36.8 Å². The predicted octanol–water partition coefficient (Wildman–Crippen LogP) is 4.75. The molecule has 1 aromatic carbocycles. The lowest BCUT2D eigenvalue weighted by Crippen LogP contribution is -2.21. The number of hydrogen-bond acceptors (Lipinski definition) is 5. The number of esters is 1. The van der Waals surface area contributed by atoms with E-state index < -0.39 is 0 Å². The lowest BCUT2D eigenvalue weighted by Gasteiger charge is -2.22. The van der Waals surface area contributed by atoms with Gasteiger partial charge >= 0.3 is 5.97 Å². The second kappa shape index (κ2) is 9.99. The molecule has 1 aromatic rings. The molecule has 1 N–H and O–H groups in total. The van der Waals surface area contributed by atoms with Crippen molar-refractivity contribution in [3.8, 4) is 0 Å². The standard InChI is InChI=1S/C20H24O4S/c1-2-23-20(25)18(21)14-13-17(15-9-5-3-6-10-15)19(22)24-16-11-7-4-8-12-16/h3,5-6,9-10,13-14,16,21H,2,4,7-8,11-12H2,1H3. The summed E-state index contributed by atoms with van der Waals surface area (Å²) < 4.78 is 10.8. The largest absolute Gasteiger partial charge is 0.504 e. The number of benzene rings is 1. The van der Waals surface area contributed by atoms with E-state index in [4.69, 9.17) is 21.7 Å². The molecule has 0 spiro atoms. The van der Waals surface area contributed by atoms with Gasteiger partial charge in [0.15, 0.2) is 5.76 Å². The normalized spacial score (nSPS) is 16.4. The van der Waals surface area contributed by atoms with Crippen LogP contribution in [0.4, 0.5) is 0 Å². The molecule has 0 atom stereocenters. The van der Waals surface area contributed by atoms with E-state index in [2.05, 4.69) is 0 Å². The smallest absolute Gasteiger partial charge is 0.339 e. The van der Waals surface area contributed by atoms with Crippen molar-refractivity contribution in [2.75, 3.05) is 6.61 Å². The number of aliphatic hydroxyl groups is 1. The molecular formula is C20H24O4S. The van der Waals surface area contributed by atoms with Crippen LogP contribution >= 0.6 is 12.2 Å². The number of hydrogen-bond donors (Lipinski definition) is 1. The van der Waals surface area contributed by atoms with E-state index in [9.17, 15) is 9.90 Å². The maximum atomic E-state index is 12.7. The number of aliphatic hydroxyl groups excluding tert-OH is 1. The average molecular weight is 360 g/mol. The van der Waals surface area contributed by atoms with Gasteiger partial charge in [-0.2, -0.15) is 0 Å². The van der Waals surface area contributed by atoms with Crippen molar-refractivity contribution < 1.29 is 19.4 Å². The lowest BCUT2D eigenvalue weighted by molar-refractivity contribution is -0.143. The minimum atomic E-state index is -0.385. The van der Waals surface area contributed by atoms with E-state index in [-0.39, 0.29) is 22.9 Å². The van der Waals surface area contributed by atoms with Gasteiger partial charge in [-0.15, -0.1) is 0 Å². The number of rotatable bonds is 6. The molecule has 4 nitrogen and oxygen atoms in total. The molecule has 0 amide bonds. The van der Waals surface area contributed by atoms with Crippen LogP contribution in [0.2, 0.25) is 0 Å². The van der Waals surface area contributed by atoms with Gasteiger partial charge < -0.3 is 14.6 Å². The van der Waals surface area contributed by atoms with E-state index >= 15 is 0 Å². The number of carbonyl (C=O) groups is 1. The third-order valence-corrected chi connectivity index (χ3v) is 4.35. The Morgan fingerprint density at radius 3 is 2.52 bits per heavy atom. The number of ether oxygens (including phenoxy) is 2. The highest BCUT2D eigenvalue weighted by atomic mass is 32.1. The van der Waals surface area contributed by atoms with Gasteiger partial charge in [0, 0.05) is 0 Å². The molecule has 2 rings (SSSR count). The first-order valence-corrected chi connectivity index (χ1v) is 9.07. The molecule has 0 bridgehead atoms. The lowest BCUT2D eigenvalue weighted by atomic mass is 9.97. The summed E-state index contributed by atoms with van der Waals surface area (Å²) in [4.78, 5) is 12.7. The Labute approximate surface area is 154 Å². The van der Waals surface area contributed by atoms with Crippen LogP contribution in [0.5, 0.6) is 0 Å². The highest BCUT2D eigenvalue weighted by Gasteiger charge is 2.21. The minimum absolute atomic E-state index is 0.00631. The Balaban J connectivity index is 2.20. The number of thiocarbonyl (C=S) groups is 1. The third kappa shape index (κ3) is 6.02. The number of allylic oxidation sites excluding steroid dienone is 2. The summed E-state index contributed by atoms with van der Waals surface area (Å²) in [6.07, 6.45) is 8.06. The first kappa shape index (κ1) is 19.2. The fraction of sp³-hybridized carbons (Fsp3) is 0.400. The average Bonchev–Trinajstić information content (AvgIpc) is 2.63. The Bertz CT molecular complexity index is 643. The van der Waals surface area contributed by atoms with Gasteiger partial charge in [0.05, 0.1) is 12.2 Å². The fourth-order valence-electron chi connectivity index (χ4n) is 2.73. The van der Waals surface area contributed by atoms with Crippen LogP contribution in [0.15, 0.2) is 48.2 Å². The molecule has 1 saturated carbocycles. The molecule has 25 heavy (non-hydrogen) atoms. The Hall–Kier alpha value is -2.14. The second-order valence-electron chi connectivity index (χ2n) is 5.88. The quantitative estimate of drug-likeness (QED) is 0.261. The van der Waals surface area contributed by atoms with Crippen molar-refractivity contribution in [3.63, 3.8) is 0 Å². The van der Waals surface area contributed by atoms with Crippen LogP contribution in [0.1, 0.15) is 44.6 Å². The first-order chi connectivity index (χ1) is 12.1. The van der Waals surface area contributed by atoms with E-state index in [0.717, 1.165) is 31.2 Å². The van der Waals surface area contributed by atoms with Crippen LogP contribution in [-0.2, 0) is 14.3 Å². The van der Waals surface area contributed by atoms with E-state index in [1.54, 1.807) is 6.92 Å². The van der Waals surface area contributed by atoms with Crippen molar-refractivity contribution >= 4 is 28.8 Å². The molecule has 0 unspecified atom stereocenters. The molecule has 134 valence electrons. The van der Waals surface area contributed by atoms with Crippen molar-refractivity contribution in [1.29, 1.82) is 0 Å². The Kier molecular flexibility index (Phi) is 7.67. The van der Waals surface area contributed by atoms with Crippen LogP contribution in [-0.4, -0.2) is 28.8 Å². The zero-order chi connectivity index (χ0) is 18.1. The molecule has 0 saturated heterocycles. The summed E-state index contributed by atoms with van der Waals surface area (Å²) in [5, 5.41) is 9.95. The van der Waals surface area contributed by atoms with Crippen LogP contribution in [0.3, 0.4) is 0 Å². The van der Waals surface area contributed by atoms with E-state index in [0.29, 0.717) is 12.2 Å². The third-order valence-electron chi connectivity index (χ3n) is 4.02. The van der Waals surface area contributed by atoms with Crippen molar-refractivity contribution in [2.45, 2.75) is 45.1 Å². The van der Waals surface area contributed by atoms with Crippen molar-refractivity contribution in [1.82, 2.24) is 0 Å². The number of carbonyl (C=O) groups excluding carboxylic acids is 1. The van der Waals surface area contributed by atoms with Gasteiger partial charge in [0.2, 0.25) is 5.05 Å². The van der Waals surface area contributed by atoms with Gasteiger partial charge in [-0.05, 0) is 62.5 Å². The van der Waals surface area contributed by atoms with Gasteiger partial charge in [-0.25, -0.2) is 4.79 Å². The summed E-state index contributed by atoms with van der Waals surface area (Å²) in [6.45, 7) is 2.15. The highest BCUT2D eigenvalue weighted by molar-refractivity contribution is 7.80. The molecule has 0 heterocycles. The Morgan fingerprint density at radius 2 is 1.88 bits per heavy atom. The molecule has 1 fully saturated rings. The van der Waals surface area contributed by atoms with Gasteiger partial charge in [-0.3, -0.25) is 0 Å². The monoisotopic (exact) mass is 360 g/mol. The van der Waals surface area contributed by atoms with Gasteiger partial charge in [0.25, 0.3) is 0 Å². The second-order valence-corrected chi connectivity index (χ2v) is 6.25. The van der Waals surface area contributed by atoms with E-state index in [1.807, 2.05) is 30.3 Å². The molecule has 0 aromatic heterocycles. The predicted molar refractivity (Wildman–Crippen MR) is 102 cm³/mol. The van der Waals surface area contributed by atoms with Gasteiger partial charge in [0.1, 0.15) is 6.10 Å². The zero-order valence-corrected chi connectivity index (χ0v) is 15.3. The molecular weight excluding hydrogens is 336 g/mol. The maximum Gasteiger partial charge on any atom is 0.339 e. The first-order valence-electron chi connectivity index (χ1n) is 8.66. The zero-order valence-electron chi connectivity index (χ0n) is 14.4. The summed E-state index contributed by atoms with van der Waals surface area (Å²) in [7, 11) is 0. The summed E-state index contributed by atoms with van der Waals surface area (Å²) in [5.74, 6) is -0.569. The van der Waals surface area contributed by atoms with Crippen LogP contribution in [0.25, 0.3) is 5.57 Å². The molecule has 0 aliphatic heterocycles. The molecule has 1 aliphatic carbocycles. The SMILES string of the molecule is CCOC(=S)C(O)=CC=C(C(=O)OC1CCCCC1)c1ccccc1. The topological polar surface area (TPSA) is 55.8 Å². The molecule has 1 aliphatic rings. The molecule has 5 heteroatoms. The Morgan fingerprint density at radius 1 is 1.20 bits per heavy atom. The van der Waals surface area contributed by atoms with Crippen LogP contribution < -0.4 is 0 Å². The molecule has 0 radical (unpaired) electrons. The van der Waals surface area contributed by atoms with Crippen molar-refractivity contribution in [3.05, 3.63) is 53.8 Å². The summed E-state index contributed by atoms with van der Waals surface area (Å²) >= 11 is 4.96. The van der Waals surface area contributed by atoms with E-state index in [1.165, 1.54) is 18.6 Å². The maximum absolute atomic E-state index is 12.7. The summed E-state index contributed by atoms with van der Waals surface area (Å²) in [6, 6.07) is 9.25. The van der Waals surface area contributed by atoms with Crippen molar-refractivity contribution in [2.24, 2.45) is 0 Å². The fourth-order valence-corrected chi connectivity index (χ4v) is 2.92.